The minimum Gasteiger partial charge on any atom is -0.0654 e. The van der Waals surface area contributed by atoms with E-state index in [0.29, 0.717) is 0 Å². The van der Waals surface area contributed by atoms with Gasteiger partial charge in [0.1, 0.15) is 0 Å². The van der Waals surface area contributed by atoms with Gasteiger partial charge in [0.05, 0.1) is 0 Å². The number of hydrogen-bond acceptors (Lipinski definition) is 0. The average Bonchev–Trinajstić information content (AvgIpc) is 2.58. The van der Waals surface area contributed by atoms with Crippen molar-refractivity contribution in [2.24, 2.45) is 23.7 Å². The van der Waals surface area contributed by atoms with Gasteiger partial charge in [0.15, 0.2) is 0 Å². The van der Waals surface area contributed by atoms with Crippen LogP contribution in [0, 0.1) is 23.7 Å². The number of hydrogen-bond donors (Lipinski definition) is 0. The van der Waals surface area contributed by atoms with E-state index in [2.05, 4.69) is 41.5 Å². The lowest BCUT2D eigenvalue weighted by molar-refractivity contribution is 0.377. The van der Waals surface area contributed by atoms with Crippen LogP contribution in [0.15, 0.2) is 0 Å². The highest BCUT2D eigenvalue weighted by Crippen LogP contribution is 2.23. The van der Waals surface area contributed by atoms with Crippen LogP contribution in [0.1, 0.15) is 144 Å². The predicted octanol–water partition coefficient (Wildman–Crippen LogP) is 9.81. The Morgan fingerprint density at radius 2 is 0.731 bits per heavy atom. The van der Waals surface area contributed by atoms with E-state index in [0.717, 1.165) is 23.7 Å². The highest BCUT2D eigenvalue weighted by molar-refractivity contribution is 4.61. The molecule has 0 saturated carbocycles. The van der Waals surface area contributed by atoms with E-state index in [9.17, 15) is 0 Å². The Kier molecular flexibility index (Phi) is 18.4. The second-order valence-electron chi connectivity index (χ2n) is 10.1. The summed E-state index contributed by atoms with van der Waals surface area (Å²) in [7, 11) is 0. The van der Waals surface area contributed by atoms with Crippen LogP contribution in [-0.4, -0.2) is 0 Å². The van der Waals surface area contributed by atoms with Gasteiger partial charge in [0, 0.05) is 0 Å². The SMILES string of the molecule is CCCCCCCC(C)CCCCC(C)CCCC(C)CCCC(C)C. The van der Waals surface area contributed by atoms with Gasteiger partial charge in [-0.1, -0.05) is 144 Å². The third-order valence-corrected chi connectivity index (χ3v) is 6.32. The molecule has 0 aromatic rings. The van der Waals surface area contributed by atoms with Crippen molar-refractivity contribution in [2.75, 3.05) is 0 Å². The van der Waals surface area contributed by atoms with E-state index in [4.69, 9.17) is 0 Å². The van der Waals surface area contributed by atoms with Crippen molar-refractivity contribution >= 4 is 0 Å². The maximum atomic E-state index is 2.49. The van der Waals surface area contributed by atoms with Gasteiger partial charge in [-0.3, -0.25) is 0 Å². The monoisotopic (exact) mass is 366 g/mol. The van der Waals surface area contributed by atoms with Gasteiger partial charge >= 0.3 is 0 Å². The lowest BCUT2D eigenvalue weighted by Crippen LogP contribution is -2.01. The molecule has 26 heavy (non-hydrogen) atoms. The van der Waals surface area contributed by atoms with E-state index >= 15 is 0 Å². The summed E-state index contributed by atoms with van der Waals surface area (Å²) in [4.78, 5) is 0. The zero-order valence-corrected chi connectivity index (χ0v) is 19.6. The van der Waals surface area contributed by atoms with Crippen molar-refractivity contribution in [3.8, 4) is 0 Å². The molecule has 0 N–H and O–H groups in total. The normalized spacial score (nSPS) is 15.3. The molecular formula is C26H54. The maximum absolute atomic E-state index is 2.49. The molecule has 0 fully saturated rings. The third-order valence-electron chi connectivity index (χ3n) is 6.32. The standard InChI is InChI=1S/C26H54/c1-7-8-9-10-11-17-24(4)18-12-13-19-25(5)21-15-22-26(6)20-14-16-23(2)3/h23-26H,7-22H2,1-6H3. The molecule has 0 bridgehead atoms. The van der Waals surface area contributed by atoms with Crippen LogP contribution in [-0.2, 0) is 0 Å². The summed E-state index contributed by atoms with van der Waals surface area (Å²) in [5.41, 5.74) is 0. The lowest BCUT2D eigenvalue weighted by atomic mass is 9.91. The first-order valence-corrected chi connectivity index (χ1v) is 12.5. The van der Waals surface area contributed by atoms with Gasteiger partial charge in [0.2, 0.25) is 0 Å². The maximum Gasteiger partial charge on any atom is -0.0443 e. The van der Waals surface area contributed by atoms with E-state index in [1.807, 2.05) is 0 Å². The third kappa shape index (κ3) is 18.8. The highest BCUT2D eigenvalue weighted by atomic mass is 14.1. The fourth-order valence-corrected chi connectivity index (χ4v) is 4.20. The predicted molar refractivity (Wildman–Crippen MR) is 122 cm³/mol. The summed E-state index contributed by atoms with van der Waals surface area (Å²) in [6.07, 6.45) is 23.2. The Morgan fingerprint density at radius 3 is 1.15 bits per heavy atom. The fraction of sp³-hybridized carbons (Fsp3) is 1.00. The van der Waals surface area contributed by atoms with Gasteiger partial charge in [0.25, 0.3) is 0 Å². The van der Waals surface area contributed by atoms with Crippen molar-refractivity contribution in [1.82, 2.24) is 0 Å². The van der Waals surface area contributed by atoms with Crippen molar-refractivity contribution in [3.05, 3.63) is 0 Å². The van der Waals surface area contributed by atoms with Crippen LogP contribution in [0.3, 0.4) is 0 Å². The summed E-state index contributed by atoms with van der Waals surface area (Å²) >= 11 is 0. The number of rotatable bonds is 19. The summed E-state index contributed by atoms with van der Waals surface area (Å²) < 4.78 is 0. The molecule has 0 heteroatoms. The van der Waals surface area contributed by atoms with E-state index < -0.39 is 0 Å². The van der Waals surface area contributed by atoms with Crippen LogP contribution in [0.25, 0.3) is 0 Å². The molecule has 0 rings (SSSR count). The first-order valence-electron chi connectivity index (χ1n) is 12.5. The molecule has 158 valence electrons. The second kappa shape index (κ2) is 18.4. The Bertz CT molecular complexity index is 267. The quantitative estimate of drug-likeness (QED) is 0.199. The van der Waals surface area contributed by atoms with Crippen LogP contribution in [0.4, 0.5) is 0 Å². The van der Waals surface area contributed by atoms with Gasteiger partial charge in [-0.15, -0.1) is 0 Å². The van der Waals surface area contributed by atoms with Crippen molar-refractivity contribution in [3.63, 3.8) is 0 Å². The minimum absolute atomic E-state index is 0.881. The van der Waals surface area contributed by atoms with Crippen molar-refractivity contribution in [2.45, 2.75) is 144 Å². The Hall–Kier alpha value is 0. The summed E-state index contributed by atoms with van der Waals surface area (Å²) in [6, 6.07) is 0. The highest BCUT2D eigenvalue weighted by Gasteiger charge is 2.07. The molecule has 0 aliphatic heterocycles. The molecule has 0 saturated heterocycles. The fourth-order valence-electron chi connectivity index (χ4n) is 4.20. The van der Waals surface area contributed by atoms with Crippen LogP contribution in [0.2, 0.25) is 0 Å². The second-order valence-corrected chi connectivity index (χ2v) is 10.1. The molecule has 0 heterocycles. The Balaban J connectivity index is 3.44. The topological polar surface area (TPSA) is 0 Å². The van der Waals surface area contributed by atoms with Crippen molar-refractivity contribution in [1.29, 1.82) is 0 Å². The zero-order valence-electron chi connectivity index (χ0n) is 19.6. The molecular weight excluding hydrogens is 312 g/mol. The zero-order chi connectivity index (χ0) is 19.6. The van der Waals surface area contributed by atoms with Gasteiger partial charge in [-0.25, -0.2) is 0 Å². The van der Waals surface area contributed by atoms with E-state index in [1.165, 1.54) is 103 Å². The van der Waals surface area contributed by atoms with E-state index in [-0.39, 0.29) is 0 Å². The largest absolute Gasteiger partial charge is 0.0654 e. The smallest absolute Gasteiger partial charge is 0.0443 e. The molecule has 3 unspecified atom stereocenters. The molecule has 0 amide bonds. The molecule has 0 radical (unpaired) electrons. The number of unbranched alkanes of at least 4 members (excludes halogenated alkanes) is 5. The first-order chi connectivity index (χ1) is 12.5. The van der Waals surface area contributed by atoms with Gasteiger partial charge < -0.3 is 0 Å². The van der Waals surface area contributed by atoms with Crippen LogP contribution < -0.4 is 0 Å². The van der Waals surface area contributed by atoms with Crippen LogP contribution in [0.5, 0.6) is 0 Å². The molecule has 0 aromatic heterocycles. The van der Waals surface area contributed by atoms with Gasteiger partial charge in [-0.2, -0.15) is 0 Å². The Labute approximate surface area is 168 Å². The molecule has 0 nitrogen and oxygen atoms in total. The molecule has 0 spiro atoms. The average molecular weight is 367 g/mol. The molecule has 0 aliphatic carbocycles. The summed E-state index contributed by atoms with van der Waals surface area (Å²) in [5, 5.41) is 0. The van der Waals surface area contributed by atoms with Gasteiger partial charge in [-0.05, 0) is 23.7 Å². The van der Waals surface area contributed by atoms with Crippen molar-refractivity contribution < 1.29 is 0 Å². The van der Waals surface area contributed by atoms with Crippen LogP contribution >= 0.6 is 0 Å². The molecule has 0 aliphatic rings. The molecule has 3 atom stereocenters. The van der Waals surface area contributed by atoms with E-state index in [1.54, 1.807) is 0 Å². The minimum atomic E-state index is 0.881. The summed E-state index contributed by atoms with van der Waals surface area (Å²) in [5.74, 6) is 3.73. The Morgan fingerprint density at radius 1 is 0.385 bits per heavy atom. The summed E-state index contributed by atoms with van der Waals surface area (Å²) in [6.45, 7) is 14.4. The first kappa shape index (κ1) is 26.0. The molecule has 0 aromatic carbocycles. The lowest BCUT2D eigenvalue weighted by Gasteiger charge is -2.15.